The summed E-state index contributed by atoms with van der Waals surface area (Å²) in [5.74, 6) is 1.14. The van der Waals surface area contributed by atoms with Crippen molar-refractivity contribution in [1.82, 2.24) is 15.5 Å². The van der Waals surface area contributed by atoms with Crippen LogP contribution in [-0.4, -0.2) is 42.4 Å². The summed E-state index contributed by atoms with van der Waals surface area (Å²) in [4.78, 5) is 19.2. The van der Waals surface area contributed by atoms with Crippen LogP contribution in [0.1, 0.15) is 50.2 Å². The Morgan fingerprint density at radius 2 is 2.04 bits per heavy atom. The summed E-state index contributed by atoms with van der Waals surface area (Å²) in [7, 11) is 0. The zero-order valence-electron chi connectivity index (χ0n) is 16.8. The molecule has 0 spiro atoms. The van der Waals surface area contributed by atoms with Crippen LogP contribution in [0.3, 0.4) is 0 Å². The van der Waals surface area contributed by atoms with Gasteiger partial charge in [-0.25, -0.2) is 9.38 Å². The predicted molar refractivity (Wildman–Crippen MR) is 121 cm³/mol. The third-order valence-corrected chi connectivity index (χ3v) is 5.53. The van der Waals surface area contributed by atoms with E-state index in [1.54, 1.807) is 13.0 Å². The Morgan fingerprint density at radius 3 is 2.71 bits per heavy atom. The van der Waals surface area contributed by atoms with Gasteiger partial charge in [0.25, 0.3) is 0 Å². The first-order valence-electron chi connectivity index (χ1n) is 10.2. The van der Waals surface area contributed by atoms with Crippen LogP contribution in [0, 0.1) is 18.7 Å². The number of aryl methyl sites for hydroxylation is 1. The number of hydrogen-bond donors (Lipinski definition) is 2. The quantitative estimate of drug-likeness (QED) is 0.368. The molecule has 7 heteroatoms. The zero-order valence-corrected chi connectivity index (χ0v) is 19.2. The first kappa shape index (κ1) is 22.9. The average Bonchev–Trinajstić information content (AvgIpc) is 3.34. The second-order valence-corrected chi connectivity index (χ2v) is 7.67. The molecule has 1 amide bonds. The minimum absolute atomic E-state index is 0. The molecule has 2 fully saturated rings. The van der Waals surface area contributed by atoms with E-state index in [0.717, 1.165) is 50.4 Å². The van der Waals surface area contributed by atoms with Gasteiger partial charge in [0, 0.05) is 31.6 Å². The van der Waals surface area contributed by atoms with Crippen LogP contribution in [0.5, 0.6) is 0 Å². The number of nitrogens with one attached hydrogen (secondary N) is 2. The van der Waals surface area contributed by atoms with Crippen LogP contribution in [-0.2, 0) is 11.3 Å². The lowest BCUT2D eigenvalue weighted by molar-refractivity contribution is -0.134. The van der Waals surface area contributed by atoms with Crippen molar-refractivity contribution < 1.29 is 9.18 Å². The van der Waals surface area contributed by atoms with Crippen molar-refractivity contribution in [2.24, 2.45) is 10.9 Å². The molecule has 0 radical (unpaired) electrons. The number of nitrogens with zero attached hydrogens (tertiary/aromatic N) is 2. The van der Waals surface area contributed by atoms with E-state index in [9.17, 15) is 9.18 Å². The Labute approximate surface area is 184 Å². The van der Waals surface area contributed by atoms with E-state index in [1.165, 1.54) is 18.9 Å². The lowest BCUT2D eigenvalue weighted by atomic mass is 10.1. The minimum Gasteiger partial charge on any atom is -0.357 e. The molecule has 1 atom stereocenters. The van der Waals surface area contributed by atoms with Gasteiger partial charge in [0.1, 0.15) is 5.82 Å². The van der Waals surface area contributed by atoms with Gasteiger partial charge in [-0.3, -0.25) is 4.79 Å². The molecule has 28 heavy (non-hydrogen) atoms. The predicted octanol–water partition coefficient (Wildman–Crippen LogP) is 3.60. The Kier molecular flexibility index (Phi) is 8.98. The first-order chi connectivity index (χ1) is 13.1. The minimum atomic E-state index is -0.189. The first-order valence-corrected chi connectivity index (χ1v) is 10.2. The number of hydrogen-bond acceptors (Lipinski definition) is 2. The molecule has 156 valence electrons. The fourth-order valence-electron chi connectivity index (χ4n) is 4.00. The standard InChI is InChI=1S/C21H31FN4O.HI/c1-3-23-21(24-13-16-8-9-19(22)15(2)12-16)25-18-10-11-26(14-18)20(27)17-6-4-5-7-17;/h8-9,12,17-18H,3-7,10-11,13-14H2,1-2H3,(H2,23,24,25);1H. The molecule has 1 saturated heterocycles. The van der Waals surface area contributed by atoms with Crippen molar-refractivity contribution in [3.05, 3.63) is 35.1 Å². The summed E-state index contributed by atoms with van der Waals surface area (Å²) in [6.07, 6.45) is 5.42. The van der Waals surface area contributed by atoms with Crippen LogP contribution in [0.25, 0.3) is 0 Å². The summed E-state index contributed by atoms with van der Waals surface area (Å²) in [5, 5.41) is 6.73. The summed E-state index contributed by atoms with van der Waals surface area (Å²) in [5.41, 5.74) is 1.62. The summed E-state index contributed by atoms with van der Waals surface area (Å²) >= 11 is 0. The van der Waals surface area contributed by atoms with Gasteiger partial charge in [0.15, 0.2) is 5.96 Å². The van der Waals surface area contributed by atoms with Crippen molar-refractivity contribution in [2.45, 2.75) is 58.5 Å². The highest BCUT2D eigenvalue weighted by Crippen LogP contribution is 2.27. The number of aliphatic imine (C=N–C) groups is 1. The van der Waals surface area contributed by atoms with E-state index in [4.69, 9.17) is 0 Å². The van der Waals surface area contributed by atoms with E-state index in [-0.39, 0.29) is 41.8 Å². The number of halogens is 2. The number of carbonyl (C=O) groups is 1. The molecule has 1 aliphatic heterocycles. The van der Waals surface area contributed by atoms with Gasteiger partial charge in [0.05, 0.1) is 6.54 Å². The number of benzene rings is 1. The third kappa shape index (κ3) is 6.06. The van der Waals surface area contributed by atoms with Gasteiger partial charge in [-0.2, -0.15) is 0 Å². The molecule has 1 heterocycles. The number of rotatable bonds is 5. The molecule has 1 saturated carbocycles. The maximum atomic E-state index is 13.4. The highest BCUT2D eigenvalue weighted by Gasteiger charge is 2.32. The van der Waals surface area contributed by atoms with Gasteiger partial charge in [0.2, 0.25) is 5.91 Å². The van der Waals surface area contributed by atoms with E-state index in [0.29, 0.717) is 18.0 Å². The number of likely N-dealkylation sites (tertiary alicyclic amines) is 1. The Hall–Kier alpha value is -1.38. The molecule has 0 aromatic heterocycles. The van der Waals surface area contributed by atoms with Gasteiger partial charge in [-0.05, 0) is 50.3 Å². The zero-order chi connectivity index (χ0) is 19.2. The molecule has 3 rings (SSSR count). The van der Waals surface area contributed by atoms with Gasteiger partial charge in [-0.15, -0.1) is 24.0 Å². The van der Waals surface area contributed by atoms with Crippen LogP contribution in [0.4, 0.5) is 4.39 Å². The molecule has 0 bridgehead atoms. The number of guanidine groups is 1. The van der Waals surface area contributed by atoms with Crippen LogP contribution in [0.2, 0.25) is 0 Å². The van der Waals surface area contributed by atoms with Crippen molar-refractivity contribution in [2.75, 3.05) is 19.6 Å². The Bertz CT molecular complexity index is 691. The van der Waals surface area contributed by atoms with E-state index in [2.05, 4.69) is 15.6 Å². The highest BCUT2D eigenvalue weighted by molar-refractivity contribution is 14.0. The van der Waals surface area contributed by atoms with Crippen LogP contribution < -0.4 is 10.6 Å². The third-order valence-electron chi connectivity index (χ3n) is 5.53. The maximum absolute atomic E-state index is 13.4. The molecule has 5 nitrogen and oxygen atoms in total. The molecule has 1 aliphatic carbocycles. The highest BCUT2D eigenvalue weighted by atomic mass is 127. The summed E-state index contributed by atoms with van der Waals surface area (Å²) in [6.45, 7) is 6.63. The fraction of sp³-hybridized carbons (Fsp3) is 0.619. The van der Waals surface area contributed by atoms with Crippen LogP contribution >= 0.6 is 24.0 Å². The van der Waals surface area contributed by atoms with Gasteiger partial charge < -0.3 is 15.5 Å². The SMILES string of the molecule is CCNC(=NCc1ccc(F)c(C)c1)NC1CCN(C(=O)C2CCCC2)C1.I. The maximum Gasteiger partial charge on any atom is 0.225 e. The van der Waals surface area contributed by atoms with Crippen molar-refractivity contribution in [3.63, 3.8) is 0 Å². The molecule has 2 aliphatic rings. The Morgan fingerprint density at radius 1 is 1.29 bits per heavy atom. The fourth-order valence-corrected chi connectivity index (χ4v) is 4.00. The largest absolute Gasteiger partial charge is 0.357 e. The lowest BCUT2D eigenvalue weighted by Crippen LogP contribution is -2.45. The van der Waals surface area contributed by atoms with Gasteiger partial charge >= 0.3 is 0 Å². The molecular formula is C21H32FIN4O. The van der Waals surface area contributed by atoms with E-state index in [1.807, 2.05) is 17.9 Å². The van der Waals surface area contributed by atoms with E-state index >= 15 is 0 Å². The summed E-state index contributed by atoms with van der Waals surface area (Å²) in [6, 6.07) is 5.32. The topological polar surface area (TPSA) is 56.7 Å². The van der Waals surface area contributed by atoms with Crippen molar-refractivity contribution in [3.8, 4) is 0 Å². The average molecular weight is 502 g/mol. The second-order valence-electron chi connectivity index (χ2n) is 7.67. The molecular weight excluding hydrogens is 470 g/mol. The number of amides is 1. The summed E-state index contributed by atoms with van der Waals surface area (Å²) < 4.78 is 13.4. The molecule has 2 N–H and O–H groups in total. The molecule has 1 unspecified atom stereocenters. The lowest BCUT2D eigenvalue weighted by Gasteiger charge is -2.21. The molecule has 1 aromatic carbocycles. The smallest absolute Gasteiger partial charge is 0.225 e. The van der Waals surface area contributed by atoms with Crippen LogP contribution in [0.15, 0.2) is 23.2 Å². The monoisotopic (exact) mass is 502 g/mol. The van der Waals surface area contributed by atoms with Gasteiger partial charge in [-0.1, -0.05) is 25.0 Å². The molecule has 1 aromatic rings. The number of carbonyl (C=O) groups excluding carboxylic acids is 1. The van der Waals surface area contributed by atoms with E-state index < -0.39 is 0 Å². The Balaban J connectivity index is 0.00000280. The second kappa shape index (κ2) is 11.0. The van der Waals surface area contributed by atoms with Crippen molar-refractivity contribution >= 4 is 35.8 Å². The normalized spacial score (nSPS) is 20.2. The van der Waals surface area contributed by atoms with Crippen molar-refractivity contribution in [1.29, 1.82) is 0 Å².